The first-order valence-electron chi connectivity index (χ1n) is 9.24. The van der Waals surface area contributed by atoms with Crippen molar-refractivity contribution in [1.29, 1.82) is 0 Å². The van der Waals surface area contributed by atoms with Crippen LogP contribution < -0.4 is 5.32 Å². The zero-order valence-corrected chi connectivity index (χ0v) is 16.6. The third kappa shape index (κ3) is 8.54. The summed E-state index contributed by atoms with van der Waals surface area (Å²) in [7, 11) is 0. The summed E-state index contributed by atoms with van der Waals surface area (Å²) in [6.45, 7) is 5.60. The van der Waals surface area contributed by atoms with Gasteiger partial charge < -0.3 is 14.8 Å². The molecule has 2 aromatic rings. The molecule has 2 aromatic carbocycles. The van der Waals surface area contributed by atoms with Gasteiger partial charge in [-0.1, -0.05) is 66.7 Å². The Hall–Kier alpha value is -3.08. The molecule has 148 valence electrons. The molecule has 0 aliphatic heterocycles. The Kier molecular flexibility index (Phi) is 7.81. The molecule has 0 unspecified atom stereocenters. The first-order valence-corrected chi connectivity index (χ1v) is 9.24. The zero-order chi connectivity index (χ0) is 20.4. The van der Waals surface area contributed by atoms with Crippen molar-refractivity contribution in [2.45, 2.75) is 45.4 Å². The van der Waals surface area contributed by atoms with Crippen molar-refractivity contribution < 1.29 is 19.1 Å². The highest BCUT2D eigenvalue weighted by Crippen LogP contribution is 2.09. The quantitative estimate of drug-likeness (QED) is 0.569. The molecule has 0 aromatic heterocycles. The summed E-state index contributed by atoms with van der Waals surface area (Å²) in [6.07, 6.45) is 2.97. The van der Waals surface area contributed by atoms with Crippen molar-refractivity contribution in [2.24, 2.45) is 0 Å². The van der Waals surface area contributed by atoms with Crippen LogP contribution in [0.3, 0.4) is 0 Å². The number of alkyl carbamates (subject to hydrolysis) is 1. The van der Waals surface area contributed by atoms with E-state index in [1.165, 1.54) is 6.08 Å². The van der Waals surface area contributed by atoms with E-state index < -0.39 is 23.7 Å². The normalized spacial score (nSPS) is 12.4. The third-order valence-corrected chi connectivity index (χ3v) is 3.69. The van der Waals surface area contributed by atoms with Gasteiger partial charge in [-0.3, -0.25) is 0 Å². The van der Waals surface area contributed by atoms with Crippen LogP contribution in [0, 0.1) is 0 Å². The first-order chi connectivity index (χ1) is 13.3. The highest BCUT2D eigenvalue weighted by Gasteiger charge is 2.18. The van der Waals surface area contributed by atoms with Crippen LogP contribution in [-0.2, 0) is 27.3 Å². The SMILES string of the molecule is CC(C)(C)OC(=O)N[C@H](/C=C/C(=O)OCc1ccccc1)Cc1ccccc1. The molecule has 0 fully saturated rings. The molecule has 1 amide bonds. The Labute approximate surface area is 166 Å². The summed E-state index contributed by atoms with van der Waals surface area (Å²) in [4.78, 5) is 24.2. The molecule has 0 heterocycles. The Morgan fingerprint density at radius 2 is 1.54 bits per heavy atom. The van der Waals surface area contributed by atoms with Gasteiger partial charge in [0.1, 0.15) is 12.2 Å². The van der Waals surface area contributed by atoms with E-state index >= 15 is 0 Å². The lowest BCUT2D eigenvalue weighted by atomic mass is 10.1. The number of hydrogen-bond donors (Lipinski definition) is 1. The van der Waals surface area contributed by atoms with Gasteiger partial charge in [0.2, 0.25) is 0 Å². The van der Waals surface area contributed by atoms with E-state index in [2.05, 4.69) is 5.32 Å². The van der Waals surface area contributed by atoms with E-state index in [-0.39, 0.29) is 6.61 Å². The average Bonchev–Trinajstić information content (AvgIpc) is 2.64. The van der Waals surface area contributed by atoms with Crippen molar-refractivity contribution in [1.82, 2.24) is 5.32 Å². The van der Waals surface area contributed by atoms with E-state index in [0.29, 0.717) is 6.42 Å². The number of benzene rings is 2. The molecule has 1 atom stereocenters. The Bertz CT molecular complexity index is 779. The molecular formula is C23H27NO4. The van der Waals surface area contributed by atoms with Gasteiger partial charge in [-0.05, 0) is 38.3 Å². The highest BCUT2D eigenvalue weighted by atomic mass is 16.6. The summed E-state index contributed by atoms with van der Waals surface area (Å²) in [6, 6.07) is 18.8. The summed E-state index contributed by atoms with van der Waals surface area (Å²) in [5.74, 6) is -0.465. The fourth-order valence-electron chi connectivity index (χ4n) is 2.47. The smallest absolute Gasteiger partial charge is 0.408 e. The Morgan fingerprint density at radius 3 is 2.11 bits per heavy atom. The lowest BCUT2D eigenvalue weighted by Gasteiger charge is -2.22. The van der Waals surface area contributed by atoms with E-state index in [9.17, 15) is 9.59 Å². The number of rotatable bonds is 7. The number of nitrogens with one attached hydrogen (secondary N) is 1. The number of ether oxygens (including phenoxy) is 2. The lowest BCUT2D eigenvalue weighted by Crippen LogP contribution is -2.39. The monoisotopic (exact) mass is 381 g/mol. The number of esters is 1. The van der Waals surface area contributed by atoms with Crippen molar-refractivity contribution in [3.63, 3.8) is 0 Å². The van der Waals surface area contributed by atoms with Crippen LogP contribution in [0.2, 0.25) is 0 Å². The molecule has 5 nitrogen and oxygen atoms in total. The van der Waals surface area contributed by atoms with Gasteiger partial charge in [0.05, 0.1) is 6.04 Å². The van der Waals surface area contributed by atoms with Crippen LogP contribution in [0.1, 0.15) is 31.9 Å². The molecule has 0 saturated heterocycles. The number of amides is 1. The van der Waals surface area contributed by atoms with Crippen molar-refractivity contribution in [3.05, 3.63) is 83.9 Å². The minimum atomic E-state index is -0.598. The standard InChI is InChI=1S/C23H27NO4/c1-23(2,3)28-22(26)24-20(16-18-10-6-4-7-11-18)14-15-21(25)27-17-19-12-8-5-9-13-19/h4-15,20H,16-17H2,1-3H3,(H,24,26)/b15-14+/t20-/m1/s1. The minimum Gasteiger partial charge on any atom is -0.458 e. The molecule has 28 heavy (non-hydrogen) atoms. The van der Waals surface area contributed by atoms with E-state index in [0.717, 1.165) is 11.1 Å². The Morgan fingerprint density at radius 1 is 0.964 bits per heavy atom. The predicted molar refractivity (Wildman–Crippen MR) is 109 cm³/mol. The second kappa shape index (κ2) is 10.3. The van der Waals surface area contributed by atoms with Gasteiger partial charge in [0.15, 0.2) is 0 Å². The fraction of sp³-hybridized carbons (Fsp3) is 0.304. The molecule has 1 N–H and O–H groups in total. The maximum atomic E-state index is 12.1. The molecule has 0 aliphatic rings. The maximum Gasteiger partial charge on any atom is 0.408 e. The summed E-state index contributed by atoms with van der Waals surface area (Å²) in [5.41, 5.74) is 1.35. The van der Waals surface area contributed by atoms with Crippen LogP contribution in [0.4, 0.5) is 4.79 Å². The molecule has 0 spiro atoms. The minimum absolute atomic E-state index is 0.201. The molecule has 2 rings (SSSR count). The Balaban J connectivity index is 1.97. The van der Waals surface area contributed by atoms with E-state index in [1.54, 1.807) is 26.8 Å². The zero-order valence-electron chi connectivity index (χ0n) is 16.6. The summed E-state index contributed by atoms with van der Waals surface area (Å²) in [5, 5.41) is 2.80. The van der Waals surface area contributed by atoms with E-state index in [4.69, 9.17) is 9.47 Å². The molecule has 5 heteroatoms. The van der Waals surface area contributed by atoms with Gasteiger partial charge in [0.25, 0.3) is 0 Å². The van der Waals surface area contributed by atoms with Gasteiger partial charge >= 0.3 is 12.1 Å². The average molecular weight is 381 g/mol. The van der Waals surface area contributed by atoms with Crippen LogP contribution in [-0.4, -0.2) is 23.7 Å². The van der Waals surface area contributed by atoms with Crippen LogP contribution in [0.25, 0.3) is 0 Å². The number of carbonyl (C=O) groups excluding carboxylic acids is 2. The van der Waals surface area contributed by atoms with E-state index in [1.807, 2.05) is 60.7 Å². The van der Waals surface area contributed by atoms with Crippen LogP contribution >= 0.6 is 0 Å². The second-order valence-electron chi connectivity index (χ2n) is 7.39. The second-order valence-corrected chi connectivity index (χ2v) is 7.39. The lowest BCUT2D eigenvalue weighted by molar-refractivity contribution is -0.139. The molecule has 0 saturated carbocycles. The van der Waals surface area contributed by atoms with Crippen molar-refractivity contribution >= 4 is 12.1 Å². The van der Waals surface area contributed by atoms with Crippen molar-refractivity contribution in [3.8, 4) is 0 Å². The largest absolute Gasteiger partial charge is 0.458 e. The topological polar surface area (TPSA) is 64.6 Å². The summed E-state index contributed by atoms with van der Waals surface area (Å²) >= 11 is 0. The molecule has 0 aliphatic carbocycles. The van der Waals surface area contributed by atoms with Crippen LogP contribution in [0.15, 0.2) is 72.8 Å². The number of hydrogen-bond acceptors (Lipinski definition) is 4. The van der Waals surface area contributed by atoms with Crippen molar-refractivity contribution in [2.75, 3.05) is 0 Å². The fourth-order valence-corrected chi connectivity index (χ4v) is 2.47. The molecule has 0 radical (unpaired) electrons. The van der Waals surface area contributed by atoms with Gasteiger partial charge in [-0.15, -0.1) is 0 Å². The third-order valence-electron chi connectivity index (χ3n) is 3.69. The van der Waals surface area contributed by atoms with Gasteiger partial charge in [-0.25, -0.2) is 9.59 Å². The molecular weight excluding hydrogens is 354 g/mol. The van der Waals surface area contributed by atoms with Gasteiger partial charge in [0, 0.05) is 6.08 Å². The number of carbonyl (C=O) groups is 2. The predicted octanol–water partition coefficient (Wildman–Crippen LogP) is 4.42. The maximum absolute atomic E-state index is 12.1. The summed E-state index contributed by atoms with van der Waals surface area (Å²) < 4.78 is 10.6. The van der Waals surface area contributed by atoms with Crippen LogP contribution in [0.5, 0.6) is 0 Å². The molecule has 0 bridgehead atoms. The van der Waals surface area contributed by atoms with Gasteiger partial charge in [-0.2, -0.15) is 0 Å². The highest BCUT2D eigenvalue weighted by molar-refractivity contribution is 5.82. The first kappa shape index (κ1) is 21.2.